The van der Waals surface area contributed by atoms with Crippen molar-refractivity contribution >= 4 is 23.1 Å². The quantitative estimate of drug-likeness (QED) is 0.678. The van der Waals surface area contributed by atoms with Crippen LogP contribution in [0.2, 0.25) is 0 Å². The zero-order chi connectivity index (χ0) is 14.5. The highest BCUT2D eigenvalue weighted by Crippen LogP contribution is 2.31. The van der Waals surface area contributed by atoms with Crippen LogP contribution in [0.15, 0.2) is 18.2 Å². The number of nitrogens with zero attached hydrogens (tertiary/aromatic N) is 2. The molecule has 0 saturated heterocycles. The van der Waals surface area contributed by atoms with E-state index in [9.17, 15) is 10.1 Å². The first kappa shape index (κ1) is 14.7. The molecule has 1 aliphatic rings. The van der Waals surface area contributed by atoms with Crippen LogP contribution < -0.4 is 5.32 Å². The van der Waals surface area contributed by atoms with Crippen molar-refractivity contribution in [3.05, 3.63) is 33.9 Å². The van der Waals surface area contributed by atoms with E-state index in [0.717, 1.165) is 25.7 Å². The van der Waals surface area contributed by atoms with Gasteiger partial charge in [-0.05, 0) is 44.1 Å². The molecule has 0 radical (unpaired) electrons. The van der Waals surface area contributed by atoms with Crippen molar-refractivity contribution in [2.24, 2.45) is 0 Å². The molecule has 1 saturated carbocycles. The van der Waals surface area contributed by atoms with Crippen LogP contribution >= 0.6 is 11.8 Å². The van der Waals surface area contributed by atoms with E-state index in [4.69, 9.17) is 5.26 Å². The fraction of sp³-hybridized carbons (Fsp3) is 0.500. The average molecular weight is 291 g/mol. The number of benzene rings is 1. The molecule has 0 bridgehead atoms. The summed E-state index contributed by atoms with van der Waals surface area (Å²) in [5.74, 6) is 0. The summed E-state index contributed by atoms with van der Waals surface area (Å²) in [6.07, 6.45) is 6.41. The molecular formula is C14H17N3O2S. The summed E-state index contributed by atoms with van der Waals surface area (Å²) in [7, 11) is 0. The van der Waals surface area contributed by atoms with Crippen molar-refractivity contribution in [3.63, 3.8) is 0 Å². The summed E-state index contributed by atoms with van der Waals surface area (Å²) in [5, 5.41) is 23.9. The summed E-state index contributed by atoms with van der Waals surface area (Å²) >= 11 is 1.89. The number of nitro benzene ring substituents is 1. The molecule has 1 aromatic carbocycles. The zero-order valence-electron chi connectivity index (χ0n) is 11.3. The number of hydrogen-bond donors (Lipinski definition) is 1. The first-order valence-electron chi connectivity index (χ1n) is 6.62. The minimum Gasteiger partial charge on any atom is -0.377 e. The molecule has 1 aromatic rings. The lowest BCUT2D eigenvalue weighted by Gasteiger charge is -2.28. The zero-order valence-corrected chi connectivity index (χ0v) is 12.2. The molecule has 1 aliphatic carbocycles. The third-order valence-corrected chi connectivity index (χ3v) is 4.83. The Bertz CT molecular complexity index is 534. The molecule has 20 heavy (non-hydrogen) atoms. The van der Waals surface area contributed by atoms with Gasteiger partial charge in [-0.15, -0.1) is 0 Å². The van der Waals surface area contributed by atoms with E-state index >= 15 is 0 Å². The van der Waals surface area contributed by atoms with Gasteiger partial charge in [0.15, 0.2) is 0 Å². The average Bonchev–Trinajstić information content (AvgIpc) is 2.47. The molecule has 2 rings (SSSR count). The van der Waals surface area contributed by atoms with Gasteiger partial charge >= 0.3 is 0 Å². The van der Waals surface area contributed by atoms with Gasteiger partial charge in [-0.3, -0.25) is 10.1 Å². The highest BCUT2D eigenvalue weighted by atomic mass is 32.2. The topological polar surface area (TPSA) is 79.0 Å². The summed E-state index contributed by atoms with van der Waals surface area (Å²) < 4.78 is 0. The molecule has 0 aromatic heterocycles. The van der Waals surface area contributed by atoms with Gasteiger partial charge in [0.2, 0.25) is 0 Å². The minimum atomic E-state index is -0.406. The Morgan fingerprint density at radius 2 is 2.10 bits per heavy atom. The van der Waals surface area contributed by atoms with Gasteiger partial charge in [0.05, 0.1) is 16.6 Å². The molecule has 0 amide bonds. The van der Waals surface area contributed by atoms with Gasteiger partial charge in [0.1, 0.15) is 5.69 Å². The fourth-order valence-corrected chi connectivity index (χ4v) is 3.29. The van der Waals surface area contributed by atoms with Crippen LogP contribution in [-0.2, 0) is 0 Å². The fourth-order valence-electron chi connectivity index (χ4n) is 2.54. The lowest BCUT2D eigenvalue weighted by Crippen LogP contribution is -2.27. The van der Waals surface area contributed by atoms with Crippen LogP contribution in [0.3, 0.4) is 0 Å². The molecule has 0 unspecified atom stereocenters. The first-order chi connectivity index (χ1) is 9.63. The van der Waals surface area contributed by atoms with Gasteiger partial charge < -0.3 is 5.32 Å². The Morgan fingerprint density at radius 3 is 2.65 bits per heavy atom. The maximum absolute atomic E-state index is 11.0. The Morgan fingerprint density at radius 1 is 1.40 bits per heavy atom. The van der Waals surface area contributed by atoms with Crippen LogP contribution in [0.4, 0.5) is 11.4 Å². The van der Waals surface area contributed by atoms with Gasteiger partial charge in [-0.2, -0.15) is 17.0 Å². The van der Waals surface area contributed by atoms with Crippen molar-refractivity contribution < 1.29 is 4.92 Å². The minimum absolute atomic E-state index is 0.0380. The molecule has 106 valence electrons. The Balaban J connectivity index is 2.12. The molecule has 0 aliphatic heterocycles. The number of nitrogens with one attached hydrogen (secondary N) is 1. The Labute approximate surface area is 122 Å². The number of thioether (sulfide) groups is 1. The molecule has 0 atom stereocenters. The smallest absolute Gasteiger partial charge is 0.292 e. The number of hydrogen-bond acceptors (Lipinski definition) is 5. The van der Waals surface area contributed by atoms with E-state index in [1.54, 1.807) is 6.07 Å². The SMILES string of the molecule is CSC1CCC(Nc2cc(C#N)ccc2[N+](=O)[O-])CC1. The largest absolute Gasteiger partial charge is 0.377 e. The maximum Gasteiger partial charge on any atom is 0.292 e. The van der Waals surface area contributed by atoms with Crippen molar-refractivity contribution in [1.29, 1.82) is 5.26 Å². The maximum atomic E-state index is 11.0. The monoisotopic (exact) mass is 291 g/mol. The standard InChI is InChI=1S/C14H17N3O2S/c1-20-12-5-3-11(4-6-12)16-13-8-10(9-15)2-7-14(13)17(18)19/h2,7-8,11-12,16H,3-6H2,1H3. The van der Waals surface area contributed by atoms with Crippen LogP contribution in [0.5, 0.6) is 0 Å². The Kier molecular flexibility index (Phi) is 4.85. The van der Waals surface area contributed by atoms with Crippen molar-refractivity contribution in [2.75, 3.05) is 11.6 Å². The van der Waals surface area contributed by atoms with E-state index in [0.29, 0.717) is 16.5 Å². The number of rotatable bonds is 4. The highest BCUT2D eigenvalue weighted by molar-refractivity contribution is 7.99. The Hall–Kier alpha value is -1.74. The van der Waals surface area contributed by atoms with Gasteiger partial charge in [-0.1, -0.05) is 0 Å². The van der Waals surface area contributed by atoms with Crippen molar-refractivity contribution in [1.82, 2.24) is 0 Å². The van der Waals surface area contributed by atoms with Gasteiger partial charge in [0.25, 0.3) is 5.69 Å². The van der Waals surface area contributed by atoms with E-state index in [2.05, 4.69) is 11.6 Å². The predicted molar refractivity (Wildman–Crippen MR) is 81.0 cm³/mol. The summed E-state index contributed by atoms with van der Waals surface area (Å²) in [5.41, 5.74) is 0.938. The number of nitriles is 1. The third kappa shape index (κ3) is 3.42. The van der Waals surface area contributed by atoms with E-state index < -0.39 is 4.92 Å². The van der Waals surface area contributed by atoms with E-state index in [1.807, 2.05) is 17.8 Å². The van der Waals surface area contributed by atoms with Crippen LogP contribution in [0.25, 0.3) is 0 Å². The first-order valence-corrected chi connectivity index (χ1v) is 7.90. The highest BCUT2D eigenvalue weighted by Gasteiger charge is 2.23. The lowest BCUT2D eigenvalue weighted by molar-refractivity contribution is -0.384. The molecule has 5 nitrogen and oxygen atoms in total. The molecule has 1 fully saturated rings. The third-order valence-electron chi connectivity index (χ3n) is 3.69. The van der Waals surface area contributed by atoms with E-state index in [1.165, 1.54) is 12.1 Å². The van der Waals surface area contributed by atoms with Crippen LogP contribution in [0, 0.1) is 21.4 Å². The second-order valence-electron chi connectivity index (χ2n) is 4.95. The number of nitro groups is 1. The molecule has 0 spiro atoms. The lowest BCUT2D eigenvalue weighted by atomic mass is 9.94. The summed E-state index contributed by atoms with van der Waals surface area (Å²) in [6.45, 7) is 0. The predicted octanol–water partition coefficient (Wildman–Crippen LogP) is 3.55. The second kappa shape index (κ2) is 6.62. The molecule has 6 heteroatoms. The second-order valence-corrected chi connectivity index (χ2v) is 6.09. The van der Waals surface area contributed by atoms with Gasteiger partial charge in [0, 0.05) is 17.4 Å². The molecular weight excluding hydrogens is 274 g/mol. The summed E-state index contributed by atoms with van der Waals surface area (Å²) in [6, 6.07) is 6.72. The van der Waals surface area contributed by atoms with Gasteiger partial charge in [-0.25, -0.2) is 0 Å². The van der Waals surface area contributed by atoms with Crippen molar-refractivity contribution in [3.8, 4) is 6.07 Å². The van der Waals surface area contributed by atoms with Crippen molar-refractivity contribution in [2.45, 2.75) is 37.0 Å². The summed E-state index contributed by atoms with van der Waals surface area (Å²) in [4.78, 5) is 10.6. The molecule has 0 heterocycles. The van der Waals surface area contributed by atoms with Crippen LogP contribution in [-0.4, -0.2) is 22.5 Å². The van der Waals surface area contributed by atoms with E-state index in [-0.39, 0.29) is 11.7 Å². The normalized spacial score (nSPS) is 22.0. The molecule has 1 N–H and O–H groups in total. The van der Waals surface area contributed by atoms with Crippen LogP contribution in [0.1, 0.15) is 31.2 Å². The number of anilines is 1.